The largest absolute Gasteiger partial charge is 0.494 e. The molecule has 0 bridgehead atoms. The molecule has 0 spiro atoms. The van der Waals surface area contributed by atoms with Crippen LogP contribution in [0.4, 0.5) is 0 Å². The van der Waals surface area contributed by atoms with Crippen LogP contribution < -0.4 is 19.5 Å². The van der Waals surface area contributed by atoms with Crippen LogP contribution in [-0.4, -0.2) is 74.6 Å². The van der Waals surface area contributed by atoms with Crippen molar-refractivity contribution in [2.45, 2.75) is 76.8 Å². The summed E-state index contributed by atoms with van der Waals surface area (Å²) < 4.78 is 23.4. The van der Waals surface area contributed by atoms with E-state index in [1.54, 1.807) is 7.11 Å². The minimum absolute atomic E-state index is 0.0778. The van der Waals surface area contributed by atoms with Gasteiger partial charge in [0.05, 0.1) is 28.5 Å². The van der Waals surface area contributed by atoms with Crippen LogP contribution in [0.25, 0.3) is 0 Å². The second kappa shape index (κ2) is 21.6. The Morgan fingerprint density at radius 3 is 2.22 bits per heavy atom. The third-order valence-electron chi connectivity index (χ3n) is 11.0. The number of piperidine rings is 1. The van der Waals surface area contributed by atoms with Crippen LogP contribution in [0.3, 0.4) is 0 Å². The third kappa shape index (κ3) is 12.6. The Morgan fingerprint density at radius 1 is 0.810 bits per heavy atom. The van der Waals surface area contributed by atoms with E-state index in [2.05, 4.69) is 34.5 Å². The van der Waals surface area contributed by atoms with Gasteiger partial charge >= 0.3 is 5.97 Å². The third-order valence-corrected chi connectivity index (χ3v) is 11.5. The number of ether oxygens (including phenoxy) is 4. The lowest BCUT2D eigenvalue weighted by Gasteiger charge is -2.36. The second-order valence-corrected chi connectivity index (χ2v) is 16.3. The second-order valence-electron chi connectivity index (χ2n) is 15.5. The number of carboxylic acids is 1. The van der Waals surface area contributed by atoms with Gasteiger partial charge in [-0.2, -0.15) is 0 Å². The zero-order valence-electron chi connectivity index (χ0n) is 33.6. The Kier molecular flexibility index (Phi) is 16.2. The molecule has 4 aromatic carbocycles. The number of rotatable bonds is 22. The van der Waals surface area contributed by atoms with Gasteiger partial charge in [-0.15, -0.1) is 0 Å². The highest BCUT2D eigenvalue weighted by atomic mass is 35.5. The summed E-state index contributed by atoms with van der Waals surface area (Å²) in [4.78, 5) is 28.7. The minimum Gasteiger partial charge on any atom is -0.494 e. The van der Waals surface area contributed by atoms with E-state index in [4.69, 9.17) is 42.1 Å². The van der Waals surface area contributed by atoms with Crippen LogP contribution in [-0.2, 0) is 33.7 Å². The van der Waals surface area contributed by atoms with Gasteiger partial charge < -0.3 is 34.3 Å². The lowest BCUT2D eigenvalue weighted by atomic mass is 9.80. The fraction of sp³-hybridized carbons (Fsp3) is 0.447. The molecule has 1 heterocycles. The van der Waals surface area contributed by atoms with Crippen LogP contribution >= 0.6 is 23.2 Å². The van der Waals surface area contributed by atoms with Crippen molar-refractivity contribution < 1.29 is 33.6 Å². The van der Waals surface area contributed by atoms with Gasteiger partial charge in [-0.25, -0.2) is 0 Å². The van der Waals surface area contributed by atoms with Crippen LogP contribution in [0.15, 0.2) is 84.9 Å². The number of hydrogen-bond donors (Lipinski definition) is 2. The molecule has 1 unspecified atom stereocenters. The van der Waals surface area contributed by atoms with Gasteiger partial charge in [0.15, 0.2) is 5.75 Å². The maximum Gasteiger partial charge on any atom is 0.306 e. The average molecular weight is 832 g/mol. The number of carboxylic acid groups (broad SMARTS) is 1. The first-order valence-corrected chi connectivity index (χ1v) is 21.3. The van der Waals surface area contributed by atoms with Gasteiger partial charge in [0.2, 0.25) is 5.91 Å². The molecule has 1 aliphatic carbocycles. The maximum absolute atomic E-state index is 14.6. The number of halogens is 2. The van der Waals surface area contributed by atoms with E-state index in [1.807, 2.05) is 67.6 Å². The molecule has 9 nitrogen and oxygen atoms in total. The van der Waals surface area contributed by atoms with Crippen LogP contribution in [0.2, 0.25) is 10.0 Å². The molecule has 1 saturated carbocycles. The van der Waals surface area contributed by atoms with Crippen LogP contribution in [0, 0.1) is 18.8 Å². The number of nitrogens with one attached hydrogen (secondary N) is 1. The number of aryl methyl sites for hydroxylation is 2. The molecule has 58 heavy (non-hydrogen) atoms. The van der Waals surface area contributed by atoms with Gasteiger partial charge in [0.1, 0.15) is 24.7 Å². The molecule has 310 valence electrons. The van der Waals surface area contributed by atoms with Crippen molar-refractivity contribution in [2.24, 2.45) is 11.8 Å². The zero-order chi connectivity index (χ0) is 40.9. The lowest BCUT2D eigenvalue weighted by molar-refractivity contribution is -0.142. The minimum atomic E-state index is -0.786. The van der Waals surface area contributed by atoms with E-state index in [0.717, 1.165) is 78.0 Å². The summed E-state index contributed by atoms with van der Waals surface area (Å²) in [5, 5.41) is 14.3. The standard InChI is InChI=1S/C47H56Cl2N2O7/c1-32-24-43(48)45(44(49)25-32)58-23-22-57-39-16-12-36(13-17-39)41-18-19-50-30-42(41)46(52)51(38-14-15-38)31-35-26-34(10-6-20-55-2)28-40(29-35)56-21-7-11-37(47(53)54)27-33-8-4-3-5-9-33/h3-5,8-9,12-13,16-17,24-26,28-29,37-38,41-42,50H,6-7,10-11,14-15,18-23,27,30-31H2,1-2H3,(H,53,54)/t37?,41-,42+/m1/s1. The molecule has 1 aliphatic heterocycles. The summed E-state index contributed by atoms with van der Waals surface area (Å²) in [6.45, 7) is 5.59. The highest BCUT2D eigenvalue weighted by molar-refractivity contribution is 6.37. The van der Waals surface area contributed by atoms with Gasteiger partial charge in [-0.3, -0.25) is 9.59 Å². The molecule has 2 fully saturated rings. The molecule has 1 saturated heterocycles. The summed E-state index contributed by atoms with van der Waals surface area (Å²) in [6, 6.07) is 28.0. The van der Waals surface area contributed by atoms with Crippen LogP contribution in [0.5, 0.6) is 17.2 Å². The molecule has 3 atom stereocenters. The molecule has 6 rings (SSSR count). The number of carbonyl (C=O) groups is 2. The topological polar surface area (TPSA) is 107 Å². The van der Waals surface area contributed by atoms with E-state index in [9.17, 15) is 14.7 Å². The van der Waals surface area contributed by atoms with E-state index < -0.39 is 11.9 Å². The van der Waals surface area contributed by atoms with E-state index in [1.165, 1.54) is 0 Å². The van der Waals surface area contributed by atoms with Crippen molar-refractivity contribution in [3.05, 3.63) is 123 Å². The Balaban J connectivity index is 1.08. The van der Waals surface area contributed by atoms with Gasteiger partial charge in [-0.05, 0) is 135 Å². The van der Waals surface area contributed by atoms with Crippen LogP contribution in [0.1, 0.15) is 72.3 Å². The smallest absolute Gasteiger partial charge is 0.306 e. The highest BCUT2D eigenvalue weighted by Crippen LogP contribution is 2.38. The van der Waals surface area contributed by atoms with Gasteiger partial charge in [0.25, 0.3) is 0 Å². The molecule has 1 amide bonds. The monoisotopic (exact) mass is 830 g/mol. The molecular weight excluding hydrogens is 775 g/mol. The van der Waals surface area contributed by atoms with E-state index >= 15 is 0 Å². The van der Waals surface area contributed by atoms with Crippen molar-refractivity contribution in [3.8, 4) is 17.2 Å². The highest BCUT2D eigenvalue weighted by Gasteiger charge is 2.40. The Labute approximate surface area is 352 Å². The first-order valence-electron chi connectivity index (χ1n) is 20.5. The molecular formula is C47H56Cl2N2O7. The predicted molar refractivity (Wildman–Crippen MR) is 229 cm³/mol. The van der Waals surface area contributed by atoms with Gasteiger partial charge in [0, 0.05) is 32.8 Å². The normalized spacial score (nSPS) is 17.0. The van der Waals surface area contributed by atoms with Gasteiger partial charge in [-0.1, -0.05) is 71.7 Å². The molecule has 2 aliphatic rings. The number of aliphatic carboxylic acids is 1. The molecule has 4 aromatic rings. The van der Waals surface area contributed by atoms with E-state index in [-0.39, 0.29) is 30.4 Å². The fourth-order valence-electron chi connectivity index (χ4n) is 7.84. The SMILES string of the molecule is COCCCc1cc(CN(C(=O)[C@H]2CNCC[C@@H]2c2ccc(OCCOc3c(Cl)cc(C)cc3Cl)cc2)C2CC2)cc(OCCCC(Cc2ccccc2)C(=O)O)c1. The van der Waals surface area contributed by atoms with Crippen molar-refractivity contribution in [3.63, 3.8) is 0 Å². The Bertz CT molecular complexity index is 1920. The molecule has 0 aromatic heterocycles. The maximum atomic E-state index is 14.6. The molecule has 0 radical (unpaired) electrons. The average Bonchev–Trinajstić information content (AvgIpc) is 4.07. The Hall–Kier alpha value is -4.28. The summed E-state index contributed by atoms with van der Waals surface area (Å²) in [7, 11) is 1.71. The summed E-state index contributed by atoms with van der Waals surface area (Å²) in [5.74, 6) is 0.726. The van der Waals surface area contributed by atoms with Crippen molar-refractivity contribution >= 4 is 35.1 Å². The number of methoxy groups -OCH3 is 1. The Morgan fingerprint density at radius 2 is 1.52 bits per heavy atom. The quantitative estimate of drug-likeness (QED) is 0.0756. The number of amides is 1. The van der Waals surface area contributed by atoms with Crippen molar-refractivity contribution in [1.82, 2.24) is 10.2 Å². The van der Waals surface area contributed by atoms with Crippen molar-refractivity contribution in [2.75, 3.05) is 46.6 Å². The number of hydrogen-bond acceptors (Lipinski definition) is 7. The molecule has 2 N–H and O–H groups in total. The summed E-state index contributed by atoms with van der Waals surface area (Å²) in [5.41, 5.74) is 5.28. The lowest BCUT2D eigenvalue weighted by Crippen LogP contribution is -2.47. The number of nitrogens with zero attached hydrogens (tertiary/aromatic N) is 1. The fourth-order valence-corrected chi connectivity index (χ4v) is 8.54. The first-order chi connectivity index (χ1) is 28.2. The van der Waals surface area contributed by atoms with Crippen molar-refractivity contribution in [1.29, 1.82) is 0 Å². The number of carbonyl (C=O) groups excluding carboxylic acids is 1. The first kappa shape index (κ1) is 43.3. The predicted octanol–water partition coefficient (Wildman–Crippen LogP) is 9.33. The summed E-state index contributed by atoms with van der Waals surface area (Å²) >= 11 is 12.6. The number of benzene rings is 4. The van der Waals surface area contributed by atoms with E-state index in [0.29, 0.717) is 68.0 Å². The zero-order valence-corrected chi connectivity index (χ0v) is 35.1. The summed E-state index contributed by atoms with van der Waals surface area (Å²) in [6.07, 6.45) is 6.20. The molecule has 11 heteroatoms.